The van der Waals surface area contributed by atoms with Crippen molar-refractivity contribution in [3.63, 3.8) is 0 Å². The molecule has 0 saturated heterocycles. The van der Waals surface area contributed by atoms with Gasteiger partial charge >= 0.3 is 0 Å². The van der Waals surface area contributed by atoms with Crippen LogP contribution in [0.5, 0.6) is 0 Å². The third-order valence-electron chi connectivity index (χ3n) is 11.2. The number of hydrogen-bond acceptors (Lipinski definition) is 1. The molecule has 0 saturated carbocycles. The molecule has 284 valence electrons. The zero-order valence-electron chi connectivity index (χ0n) is 33.5. The van der Waals surface area contributed by atoms with E-state index >= 15 is 0 Å². The first-order valence-electron chi connectivity index (χ1n) is 20.3. The third kappa shape index (κ3) is 7.13. The predicted molar refractivity (Wildman–Crippen MR) is 253 cm³/mol. The summed E-state index contributed by atoms with van der Waals surface area (Å²) >= 11 is 0. The Hall–Kier alpha value is -7.37. The van der Waals surface area contributed by atoms with Gasteiger partial charge in [-0.3, -0.25) is 4.99 Å². The molecule has 9 rings (SSSR count). The van der Waals surface area contributed by atoms with Crippen LogP contribution in [0.1, 0.15) is 43.4 Å². The minimum absolute atomic E-state index is 0.456. The van der Waals surface area contributed by atoms with Crippen LogP contribution < -0.4 is 4.58 Å². The number of para-hydroxylation sites is 1. The Kier molecular flexibility index (Phi) is 10.5. The summed E-state index contributed by atoms with van der Waals surface area (Å²) in [6, 6.07) is 42.7. The van der Waals surface area contributed by atoms with E-state index in [1.807, 2.05) is 38.1 Å². The van der Waals surface area contributed by atoms with Crippen LogP contribution in [0.2, 0.25) is 0 Å². The van der Waals surface area contributed by atoms with Gasteiger partial charge in [-0.05, 0) is 84.8 Å². The number of benzene rings is 6. The van der Waals surface area contributed by atoms with E-state index in [0.717, 1.165) is 51.7 Å². The van der Waals surface area contributed by atoms with E-state index in [9.17, 15) is 0 Å². The molecule has 5 heteroatoms. The molecule has 0 unspecified atom stereocenters. The molecule has 0 spiro atoms. The van der Waals surface area contributed by atoms with Gasteiger partial charge in [0.2, 0.25) is 22.8 Å². The molecule has 2 aliphatic heterocycles. The van der Waals surface area contributed by atoms with E-state index in [1.165, 1.54) is 44.4 Å². The number of rotatable bonds is 8. The van der Waals surface area contributed by atoms with Gasteiger partial charge in [0.1, 0.15) is 0 Å². The number of hydrogen-bond donors (Lipinski definition) is 0. The summed E-state index contributed by atoms with van der Waals surface area (Å²) in [5, 5.41) is 4.55. The second-order valence-electron chi connectivity index (χ2n) is 14.6. The topological polar surface area (TPSA) is 43.1 Å². The lowest BCUT2D eigenvalue weighted by Crippen LogP contribution is -2.07. The van der Waals surface area contributed by atoms with E-state index in [4.69, 9.17) is 9.98 Å². The lowest BCUT2D eigenvalue weighted by atomic mass is 9.96. The summed E-state index contributed by atoms with van der Waals surface area (Å²) in [7, 11) is 0. The zero-order chi connectivity index (χ0) is 40.1. The molecule has 0 radical (unpaired) electrons. The van der Waals surface area contributed by atoms with E-state index < -0.39 is 0 Å². The molecule has 0 atom stereocenters. The van der Waals surface area contributed by atoms with E-state index in [1.54, 1.807) is 0 Å². The van der Waals surface area contributed by atoms with Gasteiger partial charge in [0.25, 0.3) is 0 Å². The molecular formula is C54H45N5+2. The van der Waals surface area contributed by atoms with Gasteiger partial charge in [-0.15, -0.1) is 0 Å². The predicted octanol–water partition coefficient (Wildman–Crippen LogP) is 13.0. The molecule has 0 aromatic heterocycles. The summed E-state index contributed by atoms with van der Waals surface area (Å²) in [6.45, 7) is 8.50. The van der Waals surface area contributed by atoms with Crippen LogP contribution in [-0.4, -0.2) is 35.4 Å². The highest BCUT2D eigenvalue weighted by Crippen LogP contribution is 2.52. The SMILES string of the molecule is C=NC(=NC(=NCc1cccc2ccccc12)C(/C=C\C=[N+]1c2ccccc2-c2cc3c(cc21)[N+](=C/C=C\C=C/C)C1=CCCC=C13)=C/C)c1cccc2ccccc12. The van der Waals surface area contributed by atoms with Crippen LogP contribution in [0.3, 0.4) is 0 Å². The second-order valence-corrected chi connectivity index (χ2v) is 14.6. The summed E-state index contributed by atoms with van der Waals surface area (Å²) in [5.41, 5.74) is 12.7. The van der Waals surface area contributed by atoms with E-state index in [0.29, 0.717) is 18.2 Å². The first kappa shape index (κ1) is 37.2. The summed E-state index contributed by atoms with van der Waals surface area (Å²) < 4.78 is 4.64. The highest BCUT2D eigenvalue weighted by molar-refractivity contribution is 6.18. The Labute approximate surface area is 346 Å². The van der Waals surface area contributed by atoms with Crippen LogP contribution in [0.4, 0.5) is 17.1 Å². The molecule has 6 aromatic rings. The molecule has 0 amide bonds. The van der Waals surface area contributed by atoms with E-state index in [2.05, 4.69) is 185 Å². The van der Waals surface area contributed by atoms with Crippen LogP contribution >= 0.6 is 0 Å². The van der Waals surface area contributed by atoms with Crippen LogP contribution in [0.25, 0.3) is 38.2 Å². The summed E-state index contributed by atoms with van der Waals surface area (Å²) in [6.07, 6.45) is 25.8. The minimum atomic E-state index is 0.456. The molecule has 1 aliphatic carbocycles. The first-order valence-corrected chi connectivity index (χ1v) is 20.3. The lowest BCUT2D eigenvalue weighted by molar-refractivity contribution is -0.363. The van der Waals surface area contributed by atoms with Crippen molar-refractivity contribution in [1.29, 1.82) is 0 Å². The molecule has 0 bridgehead atoms. The first-order chi connectivity index (χ1) is 29.2. The van der Waals surface area contributed by atoms with Crippen molar-refractivity contribution in [2.24, 2.45) is 15.0 Å². The molecule has 59 heavy (non-hydrogen) atoms. The highest BCUT2D eigenvalue weighted by Gasteiger charge is 2.41. The second kappa shape index (κ2) is 16.6. The van der Waals surface area contributed by atoms with Crippen molar-refractivity contribution in [2.75, 3.05) is 0 Å². The quantitative estimate of drug-likeness (QED) is 0.0640. The van der Waals surface area contributed by atoms with Crippen molar-refractivity contribution in [1.82, 2.24) is 4.58 Å². The summed E-state index contributed by atoms with van der Waals surface area (Å²) in [5.74, 6) is 1.11. The van der Waals surface area contributed by atoms with Gasteiger partial charge in [0.05, 0.1) is 34.9 Å². The number of fused-ring (bicyclic) bond motifs is 8. The van der Waals surface area contributed by atoms with Crippen LogP contribution in [0, 0.1) is 0 Å². The Morgan fingerprint density at radius 3 is 2.19 bits per heavy atom. The molecule has 3 aliphatic rings. The van der Waals surface area contributed by atoms with Crippen LogP contribution in [0.15, 0.2) is 202 Å². The molecule has 2 heterocycles. The lowest BCUT2D eigenvalue weighted by Gasteiger charge is -2.09. The van der Waals surface area contributed by atoms with Gasteiger partial charge in [0.15, 0.2) is 24.1 Å². The van der Waals surface area contributed by atoms with Crippen molar-refractivity contribution in [3.05, 3.63) is 204 Å². The minimum Gasteiger partial charge on any atom is -0.261 e. The van der Waals surface area contributed by atoms with Crippen molar-refractivity contribution >= 4 is 75.0 Å². The Morgan fingerprint density at radius 1 is 0.644 bits per heavy atom. The van der Waals surface area contributed by atoms with E-state index in [-0.39, 0.29) is 0 Å². The molecule has 5 nitrogen and oxygen atoms in total. The normalized spacial score (nSPS) is 16.7. The smallest absolute Gasteiger partial charge is 0.226 e. The van der Waals surface area contributed by atoms with Gasteiger partial charge in [0, 0.05) is 29.4 Å². The Balaban J connectivity index is 1.14. The van der Waals surface area contributed by atoms with Gasteiger partial charge in [-0.25, -0.2) is 9.98 Å². The highest BCUT2D eigenvalue weighted by atomic mass is 15.1. The number of aliphatic imine (C=N–C) groups is 3. The maximum absolute atomic E-state index is 5.22. The largest absolute Gasteiger partial charge is 0.261 e. The van der Waals surface area contributed by atoms with Crippen molar-refractivity contribution in [3.8, 4) is 11.1 Å². The van der Waals surface area contributed by atoms with Crippen molar-refractivity contribution in [2.45, 2.75) is 33.2 Å². The maximum atomic E-state index is 5.22. The zero-order valence-corrected chi connectivity index (χ0v) is 33.5. The third-order valence-corrected chi connectivity index (χ3v) is 11.2. The maximum Gasteiger partial charge on any atom is 0.226 e. The van der Waals surface area contributed by atoms with Gasteiger partial charge in [-0.2, -0.15) is 9.15 Å². The average molecular weight is 764 g/mol. The van der Waals surface area contributed by atoms with Gasteiger partial charge in [-0.1, -0.05) is 127 Å². The fourth-order valence-electron chi connectivity index (χ4n) is 8.36. The number of nitrogens with zero attached hydrogens (tertiary/aromatic N) is 5. The Morgan fingerprint density at radius 2 is 1.36 bits per heavy atom. The molecule has 0 N–H and O–H groups in total. The van der Waals surface area contributed by atoms with Crippen LogP contribution in [-0.2, 0) is 6.54 Å². The molecule has 0 fully saturated rings. The van der Waals surface area contributed by atoms with Crippen molar-refractivity contribution < 1.29 is 4.58 Å². The number of allylic oxidation sites excluding steroid dienone is 9. The Bertz CT molecular complexity index is 2980. The van der Waals surface area contributed by atoms with Gasteiger partial charge < -0.3 is 0 Å². The molecular weight excluding hydrogens is 719 g/mol. The average Bonchev–Trinajstić information content (AvgIpc) is 3.77. The summed E-state index contributed by atoms with van der Waals surface area (Å²) in [4.78, 5) is 14.9. The standard InChI is InChI=1S/C54H45N5/c1-4-6-7-16-33-58-49-31-14-12-28-44(49)47-35-48-45-29-13-15-32-50(45)59(52(48)36-51(47)58)34-19-25-38(5-2)53(56-37-41-24-17-22-39-20-8-10-26-42(39)41)57-54(55-3)46-30-18-23-40-21-9-11-27-43(40)46/h4-11,13,15-36H,3,12,14,37H2,1-2H3/q+2/b6-4-,16-7-,25-19-,38-5+,56-53?,57-54?,58-33?,59-34?. The monoisotopic (exact) mass is 763 g/mol. The fraction of sp³-hybridized carbons (Fsp3) is 0.0926. The number of amidine groups is 2. The fourth-order valence-corrected chi connectivity index (χ4v) is 8.36. The molecule has 6 aromatic carbocycles.